The third kappa shape index (κ3) is 6.12. The standard InChI is InChI=1S/C12H12O.C8H11NO3S.C5H8O4/c1-9(13)7-10-5-6-11-3-2-4-12(11)8-10;1-8(2)6(7(11)12)9-4(10)3-5(9)13-8;1-5(2,3(6)7)4-8-9-4/h2-3,5-6,8H,4,7H2,1H3;5-6H,3H2,1-2H3,(H,11,12);4H,1-2H3,(H,6,7)/t;5-,6+;/m.1./s1. The molecule has 0 unspecified atom stereocenters. The molecule has 190 valence electrons. The second-order valence-electron chi connectivity index (χ2n) is 9.99. The molecule has 0 radical (unpaired) electrons. The van der Waals surface area contributed by atoms with Gasteiger partial charge in [0.25, 0.3) is 0 Å². The van der Waals surface area contributed by atoms with Gasteiger partial charge in [0.05, 0.1) is 11.8 Å². The second-order valence-corrected chi connectivity index (χ2v) is 11.8. The van der Waals surface area contributed by atoms with Crippen LogP contribution in [0, 0.1) is 5.41 Å². The van der Waals surface area contributed by atoms with Crippen molar-refractivity contribution in [3.05, 3.63) is 41.0 Å². The van der Waals surface area contributed by atoms with Gasteiger partial charge in [0, 0.05) is 11.2 Å². The quantitative estimate of drug-likeness (QED) is 0.351. The lowest BCUT2D eigenvalue weighted by Gasteiger charge is -2.36. The number of Topliss-reactive ketones (excluding diaryl/α,β-unsaturated/α-hetero) is 1. The van der Waals surface area contributed by atoms with Crippen LogP contribution < -0.4 is 0 Å². The van der Waals surface area contributed by atoms with E-state index in [1.54, 1.807) is 32.5 Å². The lowest BCUT2D eigenvalue weighted by atomic mass is 9.94. The van der Waals surface area contributed by atoms with Crippen LogP contribution in [0.4, 0.5) is 0 Å². The van der Waals surface area contributed by atoms with Crippen LogP contribution in [0.5, 0.6) is 0 Å². The molecule has 1 aromatic rings. The molecule has 4 aliphatic rings. The molecule has 0 bridgehead atoms. The van der Waals surface area contributed by atoms with Crippen molar-refractivity contribution < 1.29 is 39.2 Å². The Balaban J connectivity index is 0.000000150. The predicted molar refractivity (Wildman–Crippen MR) is 129 cm³/mol. The van der Waals surface area contributed by atoms with E-state index < -0.39 is 29.7 Å². The Hall–Kier alpha value is -2.69. The number of nitrogens with zero attached hydrogens (tertiary/aromatic N) is 1. The number of thioether (sulfide) groups is 1. The summed E-state index contributed by atoms with van der Waals surface area (Å²) >= 11 is 1.58. The highest BCUT2D eigenvalue weighted by Gasteiger charge is 2.58. The molecular weight excluding hydrogens is 474 g/mol. The number of ketones is 1. The maximum Gasteiger partial charge on any atom is 0.327 e. The summed E-state index contributed by atoms with van der Waals surface area (Å²) in [5, 5.41) is 17.6. The average Bonchev–Trinajstić information content (AvgIpc) is 3.46. The Morgan fingerprint density at radius 3 is 2.31 bits per heavy atom. The summed E-state index contributed by atoms with van der Waals surface area (Å²) < 4.78 is -0.358. The summed E-state index contributed by atoms with van der Waals surface area (Å²) in [7, 11) is 0. The molecule has 0 spiro atoms. The Morgan fingerprint density at radius 1 is 1.20 bits per heavy atom. The first-order chi connectivity index (χ1) is 16.2. The maximum atomic E-state index is 11.2. The highest BCUT2D eigenvalue weighted by Crippen LogP contribution is 2.50. The molecule has 3 aliphatic heterocycles. The van der Waals surface area contributed by atoms with Crippen molar-refractivity contribution in [1.29, 1.82) is 0 Å². The van der Waals surface area contributed by atoms with Gasteiger partial charge in [0.1, 0.15) is 17.2 Å². The zero-order valence-corrected chi connectivity index (χ0v) is 21.3. The SMILES string of the molecule is CC(=O)Cc1ccc2c(c1)CC=C2.CC(C)(C(=O)O)C1OO1.CC1(C)S[C@@H]2CC(=O)N2[C@H]1C(=O)O. The molecule has 3 fully saturated rings. The summed E-state index contributed by atoms with van der Waals surface area (Å²) in [5.41, 5.74) is 2.86. The van der Waals surface area contributed by atoms with Gasteiger partial charge in [-0.2, -0.15) is 9.78 Å². The Bertz CT molecular complexity index is 1060. The highest BCUT2D eigenvalue weighted by molar-refractivity contribution is 8.01. The number of carboxylic acid groups (broad SMARTS) is 2. The highest BCUT2D eigenvalue weighted by atomic mass is 32.2. The van der Waals surface area contributed by atoms with E-state index in [-0.39, 0.29) is 21.8 Å². The van der Waals surface area contributed by atoms with Gasteiger partial charge in [-0.1, -0.05) is 30.4 Å². The first kappa shape index (κ1) is 26.9. The third-order valence-electron chi connectivity index (χ3n) is 6.19. The van der Waals surface area contributed by atoms with Crippen molar-refractivity contribution in [3.63, 3.8) is 0 Å². The van der Waals surface area contributed by atoms with Gasteiger partial charge < -0.3 is 15.1 Å². The third-order valence-corrected chi connectivity index (χ3v) is 7.68. The van der Waals surface area contributed by atoms with E-state index in [2.05, 4.69) is 34.1 Å². The van der Waals surface area contributed by atoms with Gasteiger partial charge in [0.2, 0.25) is 12.2 Å². The molecule has 2 N–H and O–H groups in total. The number of fused-ring (bicyclic) bond motifs is 2. The monoisotopic (exact) mass is 505 g/mol. The lowest BCUT2D eigenvalue weighted by Crippen LogP contribution is -2.56. The van der Waals surface area contributed by atoms with Crippen LogP contribution >= 0.6 is 11.8 Å². The van der Waals surface area contributed by atoms with Crippen LogP contribution in [-0.4, -0.2) is 61.2 Å². The number of allylic oxidation sites excluding steroid dienone is 1. The lowest BCUT2D eigenvalue weighted by molar-refractivity contribution is -0.157. The summed E-state index contributed by atoms with van der Waals surface area (Å²) in [5.74, 6) is -1.61. The molecule has 5 rings (SSSR count). The number of rotatable bonds is 5. The summed E-state index contributed by atoms with van der Waals surface area (Å²) in [6.45, 7) is 8.48. The number of hydrogen-bond donors (Lipinski definition) is 2. The Kier molecular flexibility index (Phi) is 7.78. The first-order valence-corrected chi connectivity index (χ1v) is 12.2. The number of carbonyl (C=O) groups is 4. The molecule has 0 aromatic heterocycles. The predicted octanol–water partition coefficient (Wildman–Crippen LogP) is 3.30. The first-order valence-electron chi connectivity index (χ1n) is 11.3. The van der Waals surface area contributed by atoms with Crippen molar-refractivity contribution in [2.24, 2.45) is 5.41 Å². The Labute approximate surface area is 208 Å². The fraction of sp³-hybridized carbons (Fsp3) is 0.520. The molecule has 35 heavy (non-hydrogen) atoms. The average molecular weight is 506 g/mol. The van der Waals surface area contributed by atoms with E-state index in [0.717, 1.165) is 12.0 Å². The van der Waals surface area contributed by atoms with Crippen LogP contribution in [0.2, 0.25) is 0 Å². The van der Waals surface area contributed by atoms with E-state index in [1.165, 1.54) is 16.0 Å². The molecule has 3 heterocycles. The van der Waals surface area contributed by atoms with Gasteiger partial charge in [-0.15, -0.1) is 11.8 Å². The molecular formula is C25H31NO8S. The van der Waals surface area contributed by atoms with Crippen LogP contribution in [0.15, 0.2) is 24.3 Å². The maximum absolute atomic E-state index is 11.2. The minimum Gasteiger partial charge on any atom is -0.481 e. The van der Waals surface area contributed by atoms with Crippen LogP contribution in [-0.2, 0) is 41.8 Å². The van der Waals surface area contributed by atoms with Gasteiger partial charge in [0.15, 0.2) is 0 Å². The number of benzene rings is 1. The molecule has 2 atom stereocenters. The van der Waals surface area contributed by atoms with Crippen molar-refractivity contribution in [2.45, 2.75) is 76.3 Å². The fourth-order valence-corrected chi connectivity index (χ4v) is 5.68. The van der Waals surface area contributed by atoms with E-state index in [1.807, 2.05) is 19.9 Å². The van der Waals surface area contributed by atoms with E-state index in [0.29, 0.717) is 12.8 Å². The molecule has 10 heteroatoms. The topological polar surface area (TPSA) is 137 Å². The van der Waals surface area contributed by atoms with E-state index in [4.69, 9.17) is 10.2 Å². The van der Waals surface area contributed by atoms with Crippen molar-refractivity contribution in [3.8, 4) is 0 Å². The largest absolute Gasteiger partial charge is 0.481 e. The van der Waals surface area contributed by atoms with Gasteiger partial charge in [-0.3, -0.25) is 14.4 Å². The number of carboxylic acids is 2. The van der Waals surface area contributed by atoms with Crippen molar-refractivity contribution >= 4 is 41.5 Å². The molecule has 3 saturated heterocycles. The zero-order valence-electron chi connectivity index (χ0n) is 20.4. The number of amides is 1. The zero-order chi connectivity index (χ0) is 26.1. The number of hydrogen-bond acceptors (Lipinski definition) is 7. The van der Waals surface area contributed by atoms with Crippen molar-refractivity contribution in [1.82, 2.24) is 4.90 Å². The Morgan fingerprint density at radius 2 is 1.86 bits per heavy atom. The summed E-state index contributed by atoms with van der Waals surface area (Å²) in [6.07, 6.45) is 5.80. The van der Waals surface area contributed by atoms with Crippen LogP contribution in [0.3, 0.4) is 0 Å². The van der Waals surface area contributed by atoms with E-state index in [9.17, 15) is 19.2 Å². The van der Waals surface area contributed by atoms with Crippen LogP contribution in [0.25, 0.3) is 6.08 Å². The van der Waals surface area contributed by atoms with Crippen molar-refractivity contribution in [2.75, 3.05) is 0 Å². The number of aliphatic carboxylic acids is 2. The minimum atomic E-state index is -0.917. The van der Waals surface area contributed by atoms with E-state index >= 15 is 0 Å². The molecule has 1 aliphatic carbocycles. The summed E-state index contributed by atoms with van der Waals surface area (Å²) in [4.78, 5) is 53.6. The fourth-order valence-electron chi connectivity index (χ4n) is 4.05. The molecule has 0 saturated carbocycles. The number of β-lactam (4-membered cyclic amide) rings is 1. The molecule has 9 nitrogen and oxygen atoms in total. The normalized spacial score (nSPS) is 23.1. The van der Waals surface area contributed by atoms with Gasteiger partial charge >= 0.3 is 11.9 Å². The molecule has 1 aromatic carbocycles. The van der Waals surface area contributed by atoms with Gasteiger partial charge in [-0.25, -0.2) is 4.79 Å². The smallest absolute Gasteiger partial charge is 0.327 e. The summed E-state index contributed by atoms with van der Waals surface area (Å²) in [6, 6.07) is 5.62. The molecule has 1 amide bonds. The number of carbonyl (C=O) groups excluding carboxylic acids is 2. The van der Waals surface area contributed by atoms with Crippen LogP contribution in [0.1, 0.15) is 57.7 Å². The second kappa shape index (κ2) is 10.1. The minimum absolute atomic E-state index is 0.0320. The van der Waals surface area contributed by atoms with Gasteiger partial charge in [-0.05, 0) is 57.7 Å².